The van der Waals surface area contributed by atoms with Gasteiger partial charge in [0.15, 0.2) is 0 Å². The van der Waals surface area contributed by atoms with E-state index in [0.29, 0.717) is 17.5 Å². The van der Waals surface area contributed by atoms with Crippen molar-refractivity contribution >= 4 is 5.91 Å². The van der Waals surface area contributed by atoms with Crippen molar-refractivity contribution in [3.05, 3.63) is 0 Å². The molecule has 3 nitrogen and oxygen atoms in total. The molecule has 3 heteroatoms. The fourth-order valence-electron chi connectivity index (χ4n) is 3.02. The Balaban J connectivity index is 1.75. The quantitative estimate of drug-likeness (QED) is 0.787. The highest BCUT2D eigenvalue weighted by molar-refractivity contribution is 5.91. The summed E-state index contributed by atoms with van der Waals surface area (Å²) < 4.78 is 0. The maximum atomic E-state index is 12.3. The Kier molecular flexibility index (Phi) is 2.13. The van der Waals surface area contributed by atoms with Crippen LogP contribution in [0.5, 0.6) is 0 Å². The van der Waals surface area contributed by atoms with Crippen LogP contribution >= 0.6 is 0 Å². The summed E-state index contributed by atoms with van der Waals surface area (Å²) in [5.41, 5.74) is 0.357. The third-order valence-electron chi connectivity index (χ3n) is 4.84. The number of carbonyl (C=O) groups excluding carboxylic acids is 1. The van der Waals surface area contributed by atoms with Gasteiger partial charge in [-0.25, -0.2) is 0 Å². The zero-order valence-corrected chi connectivity index (χ0v) is 10.4. The van der Waals surface area contributed by atoms with Crippen molar-refractivity contribution in [2.24, 2.45) is 5.41 Å². The minimum absolute atomic E-state index is 0.121. The van der Waals surface area contributed by atoms with Gasteiger partial charge in [-0.2, -0.15) is 0 Å². The topological polar surface area (TPSA) is 32.3 Å². The number of carbonyl (C=O) groups is 1. The smallest absolute Gasteiger partial charge is 0.244 e. The molecule has 1 unspecified atom stereocenters. The van der Waals surface area contributed by atoms with Gasteiger partial charge in [-0.05, 0) is 43.9 Å². The lowest BCUT2D eigenvalue weighted by atomic mass is 10.0. The molecule has 3 rings (SSSR count). The van der Waals surface area contributed by atoms with Crippen molar-refractivity contribution in [3.63, 3.8) is 0 Å². The normalized spacial score (nSPS) is 33.5. The summed E-state index contributed by atoms with van der Waals surface area (Å²) in [7, 11) is 0. The Morgan fingerprint density at radius 1 is 1.31 bits per heavy atom. The van der Waals surface area contributed by atoms with Gasteiger partial charge >= 0.3 is 0 Å². The van der Waals surface area contributed by atoms with E-state index in [9.17, 15) is 4.79 Å². The summed E-state index contributed by atoms with van der Waals surface area (Å²) in [5.74, 6) is 0.388. The van der Waals surface area contributed by atoms with Crippen LogP contribution in [-0.2, 0) is 4.79 Å². The van der Waals surface area contributed by atoms with E-state index in [0.717, 1.165) is 25.8 Å². The Hall–Kier alpha value is -0.570. The number of nitrogens with one attached hydrogen (secondary N) is 1. The molecule has 1 amide bonds. The van der Waals surface area contributed by atoms with Crippen LogP contribution in [0.1, 0.15) is 52.4 Å². The summed E-state index contributed by atoms with van der Waals surface area (Å²) in [4.78, 5) is 14.5. The minimum Gasteiger partial charge on any atom is -0.325 e. The van der Waals surface area contributed by atoms with Crippen LogP contribution < -0.4 is 5.32 Å². The van der Waals surface area contributed by atoms with Crippen molar-refractivity contribution < 1.29 is 4.79 Å². The molecule has 2 saturated carbocycles. The van der Waals surface area contributed by atoms with E-state index in [1.54, 1.807) is 0 Å². The molecule has 1 saturated heterocycles. The molecule has 2 aliphatic carbocycles. The molecule has 0 aromatic carbocycles. The Morgan fingerprint density at radius 3 is 2.44 bits per heavy atom. The number of amides is 1. The highest BCUT2D eigenvalue weighted by Gasteiger charge is 2.60. The molecule has 0 aromatic rings. The van der Waals surface area contributed by atoms with Crippen LogP contribution in [0.3, 0.4) is 0 Å². The molecule has 0 bridgehead atoms. The molecule has 1 N–H and O–H groups in total. The molecule has 1 aliphatic heterocycles. The Labute approximate surface area is 97.6 Å². The van der Waals surface area contributed by atoms with Gasteiger partial charge in [-0.3, -0.25) is 10.1 Å². The second-order valence-corrected chi connectivity index (χ2v) is 5.94. The zero-order valence-electron chi connectivity index (χ0n) is 10.4. The molecular formula is C13H22N2O. The summed E-state index contributed by atoms with van der Waals surface area (Å²) in [6, 6.07) is 0. The first-order valence-electron chi connectivity index (χ1n) is 6.73. The second kappa shape index (κ2) is 3.22. The first-order valence-corrected chi connectivity index (χ1v) is 6.73. The first-order chi connectivity index (χ1) is 7.65. The Morgan fingerprint density at radius 2 is 2.00 bits per heavy atom. The van der Waals surface area contributed by atoms with Crippen LogP contribution in [0.25, 0.3) is 0 Å². The predicted molar refractivity (Wildman–Crippen MR) is 62.9 cm³/mol. The summed E-state index contributed by atoms with van der Waals surface area (Å²) in [5, 5.41) is 3.54. The van der Waals surface area contributed by atoms with Crippen molar-refractivity contribution in [2.75, 3.05) is 6.54 Å². The lowest BCUT2D eigenvalue weighted by Gasteiger charge is -2.27. The number of hydrogen-bond acceptors (Lipinski definition) is 2. The van der Waals surface area contributed by atoms with Gasteiger partial charge in [0, 0.05) is 6.54 Å². The molecule has 1 spiro atoms. The predicted octanol–water partition coefficient (Wildman–Crippen LogP) is 1.88. The van der Waals surface area contributed by atoms with Gasteiger partial charge in [0.05, 0.1) is 11.7 Å². The SMILES string of the molecule is CCC1NC2(CC2)C(=O)N1CC1(CC)CC1. The van der Waals surface area contributed by atoms with Gasteiger partial charge in [0.25, 0.3) is 0 Å². The van der Waals surface area contributed by atoms with Gasteiger partial charge in [-0.1, -0.05) is 13.8 Å². The van der Waals surface area contributed by atoms with Crippen LogP contribution in [0.15, 0.2) is 0 Å². The maximum absolute atomic E-state index is 12.3. The molecule has 3 fully saturated rings. The van der Waals surface area contributed by atoms with Gasteiger partial charge in [0.2, 0.25) is 5.91 Å². The van der Waals surface area contributed by atoms with Crippen LogP contribution in [0, 0.1) is 5.41 Å². The number of nitrogens with zero attached hydrogens (tertiary/aromatic N) is 1. The molecule has 1 heterocycles. The Bertz CT molecular complexity index is 318. The van der Waals surface area contributed by atoms with E-state index >= 15 is 0 Å². The van der Waals surface area contributed by atoms with E-state index in [2.05, 4.69) is 24.1 Å². The highest BCUT2D eigenvalue weighted by Crippen LogP contribution is 2.51. The standard InChI is InChI=1S/C13H22N2O/c1-3-10-14-13(7-8-13)11(16)15(10)9-12(4-2)5-6-12/h10,14H,3-9H2,1-2H3. The second-order valence-electron chi connectivity index (χ2n) is 5.94. The molecule has 16 heavy (non-hydrogen) atoms. The lowest BCUT2D eigenvalue weighted by Crippen LogP contribution is -2.40. The molecule has 1 atom stereocenters. The largest absolute Gasteiger partial charge is 0.325 e. The molecular weight excluding hydrogens is 200 g/mol. The third-order valence-corrected chi connectivity index (χ3v) is 4.84. The first kappa shape index (κ1) is 10.6. The highest BCUT2D eigenvalue weighted by atomic mass is 16.2. The average Bonchev–Trinajstić information content (AvgIpc) is 3.18. The third kappa shape index (κ3) is 1.41. The molecule has 0 radical (unpaired) electrons. The molecule has 0 aromatic heterocycles. The van der Waals surface area contributed by atoms with Gasteiger partial charge in [-0.15, -0.1) is 0 Å². The van der Waals surface area contributed by atoms with Crippen molar-refractivity contribution in [3.8, 4) is 0 Å². The number of hydrogen-bond donors (Lipinski definition) is 1. The summed E-state index contributed by atoms with van der Waals surface area (Å²) in [6.45, 7) is 5.43. The van der Waals surface area contributed by atoms with E-state index in [1.807, 2.05) is 0 Å². The van der Waals surface area contributed by atoms with E-state index < -0.39 is 0 Å². The number of rotatable bonds is 4. The van der Waals surface area contributed by atoms with E-state index in [-0.39, 0.29) is 5.54 Å². The lowest BCUT2D eigenvalue weighted by molar-refractivity contribution is -0.131. The molecule has 90 valence electrons. The van der Waals surface area contributed by atoms with Crippen LogP contribution in [0.4, 0.5) is 0 Å². The minimum atomic E-state index is -0.121. The van der Waals surface area contributed by atoms with Gasteiger partial charge < -0.3 is 4.90 Å². The van der Waals surface area contributed by atoms with Crippen molar-refractivity contribution in [1.82, 2.24) is 10.2 Å². The monoisotopic (exact) mass is 222 g/mol. The van der Waals surface area contributed by atoms with Crippen LogP contribution in [0.2, 0.25) is 0 Å². The van der Waals surface area contributed by atoms with E-state index in [4.69, 9.17) is 0 Å². The fourth-order valence-corrected chi connectivity index (χ4v) is 3.02. The van der Waals surface area contributed by atoms with E-state index in [1.165, 1.54) is 19.3 Å². The summed E-state index contributed by atoms with van der Waals surface area (Å²) >= 11 is 0. The van der Waals surface area contributed by atoms with Gasteiger partial charge in [0.1, 0.15) is 0 Å². The zero-order chi connectivity index (χ0) is 11.4. The van der Waals surface area contributed by atoms with Crippen LogP contribution in [-0.4, -0.2) is 29.1 Å². The average molecular weight is 222 g/mol. The van der Waals surface area contributed by atoms with Crippen molar-refractivity contribution in [2.45, 2.75) is 64.1 Å². The maximum Gasteiger partial charge on any atom is 0.244 e. The molecule has 3 aliphatic rings. The fraction of sp³-hybridized carbons (Fsp3) is 0.923. The summed E-state index contributed by atoms with van der Waals surface area (Å²) in [6.07, 6.45) is 7.30. The van der Waals surface area contributed by atoms with Crippen molar-refractivity contribution in [1.29, 1.82) is 0 Å².